The second-order valence-corrected chi connectivity index (χ2v) is 9.35. The van der Waals surface area contributed by atoms with E-state index >= 15 is 0 Å². The SMILES string of the molecule is Cc1cc(NC(=O)COc2ccc(C(C)C)cc2)n(-c2ncnc3c2cnn3-c2cccc(C)c2C)n1. The van der Waals surface area contributed by atoms with Crippen molar-refractivity contribution in [2.24, 2.45) is 0 Å². The highest BCUT2D eigenvalue weighted by molar-refractivity contribution is 5.92. The minimum absolute atomic E-state index is 0.130. The van der Waals surface area contributed by atoms with Gasteiger partial charge in [0.1, 0.15) is 17.9 Å². The Morgan fingerprint density at radius 3 is 2.57 bits per heavy atom. The lowest BCUT2D eigenvalue weighted by Gasteiger charge is -2.11. The summed E-state index contributed by atoms with van der Waals surface area (Å²) in [6.07, 6.45) is 3.20. The highest BCUT2D eigenvalue weighted by Crippen LogP contribution is 2.26. The lowest BCUT2D eigenvalue weighted by atomic mass is 10.0. The first-order valence-electron chi connectivity index (χ1n) is 12.2. The molecule has 2 aromatic carbocycles. The lowest BCUT2D eigenvalue weighted by molar-refractivity contribution is -0.118. The zero-order valence-corrected chi connectivity index (χ0v) is 21.6. The zero-order chi connectivity index (χ0) is 26.1. The summed E-state index contributed by atoms with van der Waals surface area (Å²) in [5.41, 5.74) is 5.83. The number of nitrogens with zero attached hydrogens (tertiary/aromatic N) is 6. The van der Waals surface area contributed by atoms with E-state index in [9.17, 15) is 4.79 Å². The van der Waals surface area contributed by atoms with E-state index in [0.29, 0.717) is 34.3 Å². The van der Waals surface area contributed by atoms with Gasteiger partial charge in [0.25, 0.3) is 5.91 Å². The Balaban J connectivity index is 1.40. The van der Waals surface area contributed by atoms with E-state index in [-0.39, 0.29) is 12.5 Å². The van der Waals surface area contributed by atoms with Crippen LogP contribution in [-0.4, -0.2) is 42.0 Å². The molecule has 37 heavy (non-hydrogen) atoms. The summed E-state index contributed by atoms with van der Waals surface area (Å²) in [7, 11) is 0. The molecule has 5 rings (SSSR count). The topological polar surface area (TPSA) is 99.7 Å². The van der Waals surface area contributed by atoms with Crippen LogP contribution in [0.3, 0.4) is 0 Å². The smallest absolute Gasteiger partial charge is 0.263 e. The summed E-state index contributed by atoms with van der Waals surface area (Å²) >= 11 is 0. The summed E-state index contributed by atoms with van der Waals surface area (Å²) in [6.45, 7) is 10.1. The number of hydrogen-bond donors (Lipinski definition) is 1. The minimum Gasteiger partial charge on any atom is -0.484 e. The standard InChI is InChI=1S/C28H29N7O2/c1-17(2)21-9-11-22(12-10-21)37-15-26(36)32-25-13-19(4)33-35(25)28-23-14-31-34(27(23)29-16-30-28)24-8-6-7-18(3)20(24)5/h6-14,16-17H,15H2,1-5H3,(H,32,36). The van der Waals surface area contributed by atoms with Crippen molar-refractivity contribution >= 4 is 22.8 Å². The Bertz CT molecular complexity index is 1580. The van der Waals surface area contributed by atoms with Crippen molar-refractivity contribution in [3.63, 3.8) is 0 Å². The molecule has 1 N–H and O–H groups in total. The number of hydrogen-bond acceptors (Lipinski definition) is 6. The predicted molar refractivity (Wildman–Crippen MR) is 143 cm³/mol. The zero-order valence-electron chi connectivity index (χ0n) is 21.6. The number of aryl methyl sites for hydroxylation is 2. The van der Waals surface area contributed by atoms with Crippen LogP contribution in [0.4, 0.5) is 5.82 Å². The molecule has 3 heterocycles. The molecule has 0 fully saturated rings. The molecule has 0 saturated carbocycles. The number of rotatable bonds is 7. The van der Waals surface area contributed by atoms with Crippen LogP contribution in [0, 0.1) is 20.8 Å². The van der Waals surface area contributed by atoms with Gasteiger partial charge in [-0.05, 0) is 61.6 Å². The molecule has 0 saturated heterocycles. The van der Waals surface area contributed by atoms with E-state index in [0.717, 1.165) is 16.9 Å². The molecule has 188 valence electrons. The van der Waals surface area contributed by atoms with E-state index in [2.05, 4.69) is 59.2 Å². The van der Waals surface area contributed by atoms with Gasteiger partial charge in [-0.3, -0.25) is 4.79 Å². The number of benzene rings is 2. The number of amides is 1. The Morgan fingerprint density at radius 1 is 1.03 bits per heavy atom. The van der Waals surface area contributed by atoms with Crippen LogP contribution < -0.4 is 10.1 Å². The molecule has 0 atom stereocenters. The number of fused-ring (bicyclic) bond motifs is 1. The fourth-order valence-electron chi connectivity index (χ4n) is 4.17. The summed E-state index contributed by atoms with van der Waals surface area (Å²) in [6, 6.07) is 15.6. The average Bonchev–Trinajstić information content (AvgIpc) is 3.47. The summed E-state index contributed by atoms with van der Waals surface area (Å²) in [4.78, 5) is 21.7. The van der Waals surface area contributed by atoms with Crippen molar-refractivity contribution < 1.29 is 9.53 Å². The maximum Gasteiger partial charge on any atom is 0.263 e. The van der Waals surface area contributed by atoms with Crippen LogP contribution in [0.1, 0.15) is 42.1 Å². The lowest BCUT2D eigenvalue weighted by Crippen LogP contribution is -2.22. The van der Waals surface area contributed by atoms with Crippen LogP contribution in [0.2, 0.25) is 0 Å². The van der Waals surface area contributed by atoms with E-state index in [1.54, 1.807) is 21.6 Å². The maximum atomic E-state index is 12.7. The molecule has 0 aliphatic heterocycles. The third-order valence-corrected chi connectivity index (χ3v) is 6.37. The van der Waals surface area contributed by atoms with E-state index in [1.165, 1.54) is 17.5 Å². The summed E-state index contributed by atoms with van der Waals surface area (Å²) in [5, 5.41) is 12.8. The second kappa shape index (κ2) is 9.85. The Labute approximate surface area is 215 Å². The molecule has 1 amide bonds. The highest BCUT2D eigenvalue weighted by atomic mass is 16.5. The fraction of sp³-hybridized carbons (Fsp3) is 0.250. The van der Waals surface area contributed by atoms with Crippen LogP contribution in [0.25, 0.3) is 22.5 Å². The number of carbonyl (C=O) groups excluding carboxylic acids is 1. The highest BCUT2D eigenvalue weighted by Gasteiger charge is 2.18. The summed E-state index contributed by atoms with van der Waals surface area (Å²) < 4.78 is 9.09. The van der Waals surface area contributed by atoms with Crippen molar-refractivity contribution in [3.05, 3.63) is 83.4 Å². The number of ether oxygens (including phenoxy) is 1. The van der Waals surface area contributed by atoms with E-state index in [1.807, 2.05) is 43.3 Å². The third-order valence-electron chi connectivity index (χ3n) is 6.37. The van der Waals surface area contributed by atoms with Gasteiger partial charge in [0.15, 0.2) is 18.1 Å². The third kappa shape index (κ3) is 4.80. The molecule has 5 aromatic rings. The molecule has 9 heteroatoms. The fourth-order valence-corrected chi connectivity index (χ4v) is 4.17. The van der Waals surface area contributed by atoms with Gasteiger partial charge in [-0.25, -0.2) is 14.6 Å². The van der Waals surface area contributed by atoms with Crippen molar-refractivity contribution in [2.75, 3.05) is 11.9 Å². The van der Waals surface area contributed by atoms with Gasteiger partial charge in [-0.1, -0.05) is 38.1 Å². The molecule has 0 radical (unpaired) electrons. The molecule has 0 unspecified atom stereocenters. The predicted octanol–water partition coefficient (Wildman–Crippen LogP) is 5.07. The van der Waals surface area contributed by atoms with Crippen LogP contribution in [0.15, 0.2) is 61.1 Å². The average molecular weight is 496 g/mol. The van der Waals surface area contributed by atoms with Crippen LogP contribution in [0.5, 0.6) is 5.75 Å². The quantitative estimate of drug-likeness (QED) is 0.339. The normalized spacial score (nSPS) is 11.3. The molecule has 0 spiro atoms. The van der Waals surface area contributed by atoms with E-state index < -0.39 is 0 Å². The van der Waals surface area contributed by atoms with Gasteiger partial charge >= 0.3 is 0 Å². The van der Waals surface area contributed by atoms with E-state index in [4.69, 9.17) is 4.74 Å². The maximum absolute atomic E-state index is 12.7. The summed E-state index contributed by atoms with van der Waals surface area (Å²) in [5.74, 6) is 1.78. The van der Waals surface area contributed by atoms with Gasteiger partial charge in [-0.15, -0.1) is 0 Å². The molecule has 0 bridgehead atoms. The molecule has 0 aliphatic carbocycles. The molecule has 9 nitrogen and oxygen atoms in total. The van der Waals surface area contributed by atoms with Crippen molar-refractivity contribution in [3.8, 4) is 17.3 Å². The van der Waals surface area contributed by atoms with Gasteiger partial charge in [0.2, 0.25) is 0 Å². The van der Waals surface area contributed by atoms with Gasteiger partial charge in [0, 0.05) is 6.07 Å². The Morgan fingerprint density at radius 2 is 1.81 bits per heavy atom. The second-order valence-electron chi connectivity index (χ2n) is 9.35. The van der Waals surface area contributed by atoms with Gasteiger partial charge in [0.05, 0.1) is 23.0 Å². The molecular weight excluding hydrogens is 466 g/mol. The number of aromatic nitrogens is 6. The van der Waals surface area contributed by atoms with Gasteiger partial charge < -0.3 is 10.1 Å². The molecule has 0 aliphatic rings. The monoisotopic (exact) mass is 495 g/mol. The molecule has 3 aromatic heterocycles. The van der Waals surface area contributed by atoms with Gasteiger partial charge in [-0.2, -0.15) is 14.9 Å². The van der Waals surface area contributed by atoms with Crippen molar-refractivity contribution in [1.82, 2.24) is 29.5 Å². The number of nitrogens with one attached hydrogen (secondary N) is 1. The molecular formula is C28H29N7O2. The van der Waals surface area contributed by atoms with Crippen LogP contribution in [-0.2, 0) is 4.79 Å². The minimum atomic E-state index is -0.300. The van der Waals surface area contributed by atoms with Crippen molar-refractivity contribution in [1.29, 1.82) is 0 Å². The Hall–Kier alpha value is -4.53. The first-order valence-corrected chi connectivity index (χ1v) is 12.2. The van der Waals surface area contributed by atoms with Crippen LogP contribution >= 0.6 is 0 Å². The Kier molecular flexibility index (Phi) is 6.43. The first kappa shape index (κ1) is 24.2. The first-order chi connectivity index (χ1) is 17.8. The number of carbonyl (C=O) groups is 1. The largest absolute Gasteiger partial charge is 0.484 e. The number of anilines is 1. The van der Waals surface area contributed by atoms with Crippen molar-refractivity contribution in [2.45, 2.75) is 40.5 Å².